The van der Waals surface area contributed by atoms with Crippen LogP contribution in [0.4, 0.5) is 4.39 Å². The van der Waals surface area contributed by atoms with Crippen molar-refractivity contribution in [2.24, 2.45) is 5.73 Å². The fourth-order valence-corrected chi connectivity index (χ4v) is 2.09. The lowest BCUT2D eigenvalue weighted by molar-refractivity contribution is 0.628. The van der Waals surface area contributed by atoms with Crippen LogP contribution in [0.1, 0.15) is 24.9 Å². The summed E-state index contributed by atoms with van der Waals surface area (Å²) in [7, 11) is 0. The molecule has 0 aliphatic rings. The molecule has 2 rings (SSSR count). The highest BCUT2D eigenvalue weighted by Gasteiger charge is 2.07. The van der Waals surface area contributed by atoms with E-state index in [-0.39, 0.29) is 11.9 Å². The van der Waals surface area contributed by atoms with Gasteiger partial charge in [-0.05, 0) is 35.7 Å². The van der Waals surface area contributed by atoms with Gasteiger partial charge in [0.2, 0.25) is 0 Å². The molecule has 0 amide bonds. The van der Waals surface area contributed by atoms with Gasteiger partial charge in [0, 0.05) is 16.6 Å². The monoisotopic (exact) mass is 263 g/mol. The lowest BCUT2D eigenvalue weighted by Crippen LogP contribution is -2.08. The molecular weight excluding hydrogens is 249 g/mol. The molecule has 2 aromatic rings. The van der Waals surface area contributed by atoms with Gasteiger partial charge >= 0.3 is 0 Å². The minimum Gasteiger partial charge on any atom is -0.324 e. The highest BCUT2D eigenvalue weighted by atomic mass is 35.5. The Labute approximate surface area is 111 Å². The Hall–Kier alpha value is -1.38. The van der Waals surface area contributed by atoms with Crippen molar-refractivity contribution in [3.05, 3.63) is 58.9 Å². The Bertz CT molecular complexity index is 537. The van der Waals surface area contributed by atoms with Crippen LogP contribution >= 0.6 is 11.6 Å². The molecule has 0 saturated heterocycles. The van der Waals surface area contributed by atoms with E-state index in [1.54, 1.807) is 6.07 Å². The standard InChI is InChI=1S/C15H15ClFN/c1-2-15(18)11-5-3-10(4-6-11)13-9-12(17)7-8-14(13)16/h3-9,15H,2,18H2,1H3. The summed E-state index contributed by atoms with van der Waals surface area (Å²) < 4.78 is 13.2. The van der Waals surface area contributed by atoms with Crippen LogP contribution in [0.3, 0.4) is 0 Å². The molecule has 0 fully saturated rings. The summed E-state index contributed by atoms with van der Waals surface area (Å²) in [5.41, 5.74) is 8.63. The van der Waals surface area contributed by atoms with Crippen molar-refractivity contribution in [3.63, 3.8) is 0 Å². The van der Waals surface area contributed by atoms with Crippen molar-refractivity contribution in [2.45, 2.75) is 19.4 Å². The molecule has 2 aromatic carbocycles. The Balaban J connectivity index is 2.37. The molecule has 0 aromatic heterocycles. The fraction of sp³-hybridized carbons (Fsp3) is 0.200. The SMILES string of the molecule is CCC(N)c1ccc(-c2cc(F)ccc2Cl)cc1. The van der Waals surface area contributed by atoms with Gasteiger partial charge in [-0.25, -0.2) is 4.39 Å². The van der Waals surface area contributed by atoms with Gasteiger partial charge in [-0.3, -0.25) is 0 Å². The number of hydrogen-bond donors (Lipinski definition) is 1. The van der Waals surface area contributed by atoms with Gasteiger partial charge in [-0.15, -0.1) is 0 Å². The Morgan fingerprint density at radius 3 is 2.44 bits per heavy atom. The number of hydrogen-bond acceptors (Lipinski definition) is 1. The number of nitrogens with two attached hydrogens (primary N) is 1. The number of halogens is 2. The normalized spacial score (nSPS) is 12.4. The molecule has 0 heterocycles. The van der Waals surface area contributed by atoms with Crippen LogP contribution in [0.15, 0.2) is 42.5 Å². The maximum absolute atomic E-state index is 13.2. The summed E-state index contributed by atoms with van der Waals surface area (Å²) in [6, 6.07) is 12.2. The molecule has 2 N–H and O–H groups in total. The molecule has 18 heavy (non-hydrogen) atoms. The zero-order chi connectivity index (χ0) is 13.1. The molecule has 1 unspecified atom stereocenters. The van der Waals surface area contributed by atoms with Crippen molar-refractivity contribution in [2.75, 3.05) is 0 Å². The summed E-state index contributed by atoms with van der Waals surface area (Å²) in [4.78, 5) is 0. The van der Waals surface area contributed by atoms with E-state index in [9.17, 15) is 4.39 Å². The third kappa shape index (κ3) is 2.71. The first-order valence-corrected chi connectivity index (χ1v) is 6.30. The molecule has 0 spiro atoms. The molecule has 3 heteroatoms. The Morgan fingerprint density at radius 2 is 1.83 bits per heavy atom. The highest BCUT2D eigenvalue weighted by molar-refractivity contribution is 6.33. The van der Waals surface area contributed by atoms with Gasteiger partial charge in [-0.2, -0.15) is 0 Å². The predicted molar refractivity (Wildman–Crippen MR) is 74.1 cm³/mol. The molecule has 0 radical (unpaired) electrons. The largest absolute Gasteiger partial charge is 0.324 e. The van der Waals surface area contributed by atoms with Crippen molar-refractivity contribution in [3.8, 4) is 11.1 Å². The molecule has 0 aliphatic heterocycles. The second-order valence-corrected chi connectivity index (χ2v) is 4.67. The zero-order valence-corrected chi connectivity index (χ0v) is 10.9. The second kappa shape index (κ2) is 5.51. The summed E-state index contributed by atoms with van der Waals surface area (Å²) in [5, 5.41) is 0.545. The van der Waals surface area contributed by atoms with Gasteiger partial charge in [0.15, 0.2) is 0 Å². The van der Waals surface area contributed by atoms with E-state index in [0.717, 1.165) is 17.5 Å². The van der Waals surface area contributed by atoms with E-state index in [1.165, 1.54) is 12.1 Å². The molecule has 0 aliphatic carbocycles. The second-order valence-electron chi connectivity index (χ2n) is 4.26. The summed E-state index contributed by atoms with van der Waals surface area (Å²) in [6.45, 7) is 2.04. The highest BCUT2D eigenvalue weighted by Crippen LogP contribution is 2.29. The molecule has 1 nitrogen and oxygen atoms in total. The van der Waals surface area contributed by atoms with E-state index in [1.807, 2.05) is 31.2 Å². The Morgan fingerprint density at radius 1 is 1.17 bits per heavy atom. The average molecular weight is 264 g/mol. The lowest BCUT2D eigenvalue weighted by Gasteiger charge is -2.10. The first kappa shape index (κ1) is 13.1. The smallest absolute Gasteiger partial charge is 0.123 e. The van der Waals surface area contributed by atoms with Gasteiger partial charge in [0.1, 0.15) is 5.82 Å². The molecule has 1 atom stereocenters. The molecule has 0 saturated carbocycles. The van der Waals surface area contributed by atoms with E-state index in [2.05, 4.69) is 0 Å². The third-order valence-corrected chi connectivity index (χ3v) is 3.35. The number of benzene rings is 2. The average Bonchev–Trinajstić information content (AvgIpc) is 2.41. The molecule has 94 valence electrons. The third-order valence-electron chi connectivity index (χ3n) is 3.02. The summed E-state index contributed by atoms with van der Waals surface area (Å²) in [5.74, 6) is -0.288. The summed E-state index contributed by atoms with van der Waals surface area (Å²) >= 11 is 6.07. The van der Waals surface area contributed by atoms with Crippen LogP contribution in [-0.2, 0) is 0 Å². The first-order valence-electron chi connectivity index (χ1n) is 5.92. The van der Waals surface area contributed by atoms with Crippen LogP contribution in [0.2, 0.25) is 5.02 Å². The fourth-order valence-electron chi connectivity index (χ4n) is 1.86. The molecular formula is C15H15ClFN. The van der Waals surface area contributed by atoms with E-state index in [4.69, 9.17) is 17.3 Å². The van der Waals surface area contributed by atoms with Gasteiger partial charge in [-0.1, -0.05) is 42.8 Å². The lowest BCUT2D eigenvalue weighted by atomic mass is 10.00. The topological polar surface area (TPSA) is 26.0 Å². The molecule has 0 bridgehead atoms. The van der Waals surface area contributed by atoms with Crippen LogP contribution in [0.25, 0.3) is 11.1 Å². The van der Waals surface area contributed by atoms with Gasteiger partial charge in [0.25, 0.3) is 0 Å². The van der Waals surface area contributed by atoms with E-state index >= 15 is 0 Å². The van der Waals surface area contributed by atoms with Crippen molar-refractivity contribution >= 4 is 11.6 Å². The summed E-state index contributed by atoms with van der Waals surface area (Å²) in [6.07, 6.45) is 0.889. The minimum absolute atomic E-state index is 0.0435. The quantitative estimate of drug-likeness (QED) is 0.863. The van der Waals surface area contributed by atoms with Crippen molar-refractivity contribution in [1.82, 2.24) is 0 Å². The van der Waals surface area contributed by atoms with Crippen molar-refractivity contribution in [1.29, 1.82) is 0 Å². The minimum atomic E-state index is -0.288. The predicted octanol–water partition coefficient (Wildman–Crippen LogP) is 4.56. The van der Waals surface area contributed by atoms with E-state index in [0.29, 0.717) is 10.6 Å². The zero-order valence-electron chi connectivity index (χ0n) is 10.2. The van der Waals surface area contributed by atoms with Crippen LogP contribution in [0, 0.1) is 5.82 Å². The van der Waals surface area contributed by atoms with Gasteiger partial charge in [0.05, 0.1) is 0 Å². The van der Waals surface area contributed by atoms with Crippen LogP contribution < -0.4 is 5.73 Å². The van der Waals surface area contributed by atoms with Crippen LogP contribution in [-0.4, -0.2) is 0 Å². The van der Waals surface area contributed by atoms with Crippen LogP contribution in [0.5, 0.6) is 0 Å². The van der Waals surface area contributed by atoms with Crippen molar-refractivity contribution < 1.29 is 4.39 Å². The van der Waals surface area contributed by atoms with E-state index < -0.39 is 0 Å². The Kier molecular flexibility index (Phi) is 4.00. The number of rotatable bonds is 3. The first-order chi connectivity index (χ1) is 8.61. The van der Waals surface area contributed by atoms with Gasteiger partial charge < -0.3 is 5.73 Å². The maximum Gasteiger partial charge on any atom is 0.123 e. The maximum atomic E-state index is 13.2.